The highest BCUT2D eigenvalue weighted by Crippen LogP contribution is 2.47. The van der Waals surface area contributed by atoms with E-state index in [-0.39, 0.29) is 32.5 Å². The number of fused-ring (bicyclic) bond motifs is 1. The fourth-order valence-corrected chi connectivity index (χ4v) is 8.04. The molecule has 3 N–H and O–H groups in total. The number of halogens is 1. The molecule has 1 aliphatic heterocycles. The van der Waals surface area contributed by atoms with Crippen molar-refractivity contribution in [2.75, 3.05) is 32.2 Å². The molecule has 1 unspecified atom stereocenters. The molecule has 0 aliphatic carbocycles. The highest BCUT2D eigenvalue weighted by Gasteiger charge is 2.40. The minimum Gasteiger partial charge on any atom is -0.382 e. The summed E-state index contributed by atoms with van der Waals surface area (Å²) in [7, 11) is -4.47. The molecule has 1 aliphatic rings. The third kappa shape index (κ3) is 16.1. The van der Waals surface area contributed by atoms with Gasteiger partial charge in [-0.25, -0.2) is 14.1 Å². The van der Waals surface area contributed by atoms with Gasteiger partial charge in [0.2, 0.25) is 0 Å². The van der Waals surface area contributed by atoms with Crippen LogP contribution in [0.5, 0.6) is 0 Å². The van der Waals surface area contributed by atoms with Crippen molar-refractivity contribution < 1.29 is 32.7 Å². The van der Waals surface area contributed by atoms with Gasteiger partial charge in [-0.2, -0.15) is 10.4 Å². The Kier molecular flexibility index (Phi) is 19.9. The van der Waals surface area contributed by atoms with Gasteiger partial charge >= 0.3 is 7.82 Å². The Morgan fingerprint density at radius 3 is 2.29 bits per heavy atom. The van der Waals surface area contributed by atoms with Gasteiger partial charge in [0.25, 0.3) is 0 Å². The van der Waals surface area contributed by atoms with Crippen LogP contribution >= 0.6 is 19.4 Å². The topological polar surface area (TPSA) is 163 Å². The number of benzene rings is 1. The van der Waals surface area contributed by atoms with E-state index in [1.165, 1.54) is 96.2 Å². The molecule has 4 rings (SSSR count). The number of nitrogens with two attached hydrogens (primary N) is 1. The lowest BCUT2D eigenvalue weighted by atomic mass is 10.0. The first-order chi connectivity index (χ1) is 26.6. The van der Waals surface area contributed by atoms with Crippen LogP contribution in [0, 0.1) is 11.3 Å². The Morgan fingerprint density at radius 1 is 1.00 bits per heavy atom. The number of anilines is 1. The van der Waals surface area contributed by atoms with Crippen LogP contribution in [0.25, 0.3) is 5.52 Å². The Labute approximate surface area is 333 Å². The first kappa shape index (κ1) is 45.1. The molecule has 0 saturated carbocycles. The van der Waals surface area contributed by atoms with E-state index in [2.05, 4.69) is 17.0 Å². The second kappa shape index (κ2) is 24.2. The summed E-state index contributed by atoms with van der Waals surface area (Å²) in [5.74, 6) is 0.373. The van der Waals surface area contributed by atoms with Crippen molar-refractivity contribution in [3.63, 3.8) is 0 Å². The van der Waals surface area contributed by atoms with Crippen molar-refractivity contribution in [1.29, 1.82) is 5.26 Å². The lowest BCUT2D eigenvalue weighted by Gasteiger charge is -2.26. The van der Waals surface area contributed by atoms with Crippen LogP contribution in [-0.2, 0) is 34.4 Å². The third-order valence-corrected chi connectivity index (χ3v) is 11.5. The number of ether oxygens (including phenoxy) is 3. The van der Waals surface area contributed by atoms with E-state index in [1.807, 2.05) is 25.1 Å². The summed E-state index contributed by atoms with van der Waals surface area (Å²) in [6, 6.07) is 10.8. The number of rotatable bonds is 29. The van der Waals surface area contributed by atoms with Crippen LogP contribution in [0.4, 0.5) is 5.82 Å². The van der Waals surface area contributed by atoms with Gasteiger partial charge in [0.05, 0.1) is 48.3 Å². The second-order valence-corrected chi connectivity index (χ2v) is 16.9. The summed E-state index contributed by atoms with van der Waals surface area (Å²) in [6.07, 6.45) is 22.5. The number of nitrogen functional groups attached to an aromatic ring is 1. The van der Waals surface area contributed by atoms with Crippen molar-refractivity contribution in [2.24, 2.45) is 0 Å². The molecular weight excluding hydrogens is 741 g/mol. The lowest BCUT2D eigenvalue weighted by molar-refractivity contribution is -0.0710. The number of hydrogen-bond acceptors (Lipinski definition) is 10. The zero-order valence-corrected chi connectivity index (χ0v) is 34.6. The molecule has 3 heterocycles. The molecule has 2 aromatic heterocycles. The van der Waals surface area contributed by atoms with Crippen molar-refractivity contribution in [2.45, 2.75) is 154 Å². The quantitative estimate of drug-likeness (QED) is 0.0507. The molecular formula is C41H63ClN5O7P. The van der Waals surface area contributed by atoms with Crippen LogP contribution in [-0.4, -0.2) is 57.6 Å². The lowest BCUT2D eigenvalue weighted by Crippen LogP contribution is -2.30. The fraction of sp³-hybridized carbons (Fsp3) is 0.683. The number of hydrogen-bond donors (Lipinski definition) is 2. The van der Waals surface area contributed by atoms with Crippen LogP contribution in [0.3, 0.4) is 0 Å². The van der Waals surface area contributed by atoms with E-state index in [9.17, 15) is 14.7 Å². The third-order valence-electron chi connectivity index (χ3n) is 10.2. The molecule has 1 saturated heterocycles. The first-order valence-corrected chi connectivity index (χ1v) is 22.3. The van der Waals surface area contributed by atoms with Crippen molar-refractivity contribution in [1.82, 2.24) is 14.6 Å². The number of phosphoric ester groups is 1. The predicted molar refractivity (Wildman–Crippen MR) is 216 cm³/mol. The van der Waals surface area contributed by atoms with E-state index < -0.39 is 19.5 Å². The number of nitrogens with zero attached hydrogens (tertiary/aromatic N) is 4. The summed E-state index contributed by atoms with van der Waals surface area (Å²) in [5, 5.41) is 13.8. The zero-order chi connectivity index (χ0) is 39.4. The van der Waals surface area contributed by atoms with Gasteiger partial charge in [-0.1, -0.05) is 121 Å². The summed E-state index contributed by atoms with van der Waals surface area (Å²) < 4.78 is 43.9. The number of unbranched alkanes of at least 4 members (excludes halogenated alkanes) is 15. The van der Waals surface area contributed by atoms with E-state index in [0.29, 0.717) is 41.4 Å². The van der Waals surface area contributed by atoms with Gasteiger partial charge in [0, 0.05) is 6.61 Å². The second-order valence-electron chi connectivity index (χ2n) is 15.1. The minimum atomic E-state index is -4.47. The highest BCUT2D eigenvalue weighted by atomic mass is 35.5. The SMILES string of the molecule is CCCCCCCCCCCCCCCCCCOC[C@H](COP(=O)(O)OC[C@]1(C)CC[C@H](c2ccc3c(N)ncnn23)O1)OCc1ccc(C#N)c(Cl)c1. The Bertz CT molecular complexity index is 1650. The molecule has 1 fully saturated rings. The largest absolute Gasteiger partial charge is 0.472 e. The monoisotopic (exact) mass is 803 g/mol. The Balaban J connectivity index is 1.14. The molecule has 0 radical (unpaired) electrons. The molecule has 0 bridgehead atoms. The number of phosphoric acid groups is 1. The summed E-state index contributed by atoms with van der Waals surface area (Å²) in [5.41, 5.74) is 7.79. The van der Waals surface area contributed by atoms with E-state index in [4.69, 9.17) is 40.6 Å². The van der Waals surface area contributed by atoms with Gasteiger partial charge in [-0.3, -0.25) is 9.05 Å². The maximum absolute atomic E-state index is 13.0. The van der Waals surface area contributed by atoms with E-state index in [0.717, 1.165) is 24.1 Å². The summed E-state index contributed by atoms with van der Waals surface area (Å²) >= 11 is 6.22. The number of aromatic nitrogens is 3. The van der Waals surface area contributed by atoms with E-state index >= 15 is 0 Å². The Hall–Kier alpha value is -2.59. The van der Waals surface area contributed by atoms with Crippen LogP contribution in [0.1, 0.15) is 152 Å². The van der Waals surface area contributed by atoms with E-state index in [1.54, 1.807) is 22.7 Å². The Morgan fingerprint density at radius 2 is 1.65 bits per heavy atom. The molecule has 14 heteroatoms. The maximum Gasteiger partial charge on any atom is 0.472 e. The molecule has 4 atom stereocenters. The predicted octanol–water partition coefficient (Wildman–Crippen LogP) is 10.4. The maximum atomic E-state index is 13.0. The van der Waals surface area contributed by atoms with Gasteiger partial charge in [0.1, 0.15) is 30.1 Å². The van der Waals surface area contributed by atoms with Crippen molar-refractivity contribution in [3.05, 3.63) is 58.5 Å². The average molecular weight is 804 g/mol. The van der Waals surface area contributed by atoms with Gasteiger partial charge in [0.15, 0.2) is 5.82 Å². The first-order valence-electron chi connectivity index (χ1n) is 20.4. The zero-order valence-electron chi connectivity index (χ0n) is 33.0. The molecule has 0 spiro atoms. The van der Waals surface area contributed by atoms with Gasteiger partial charge < -0.3 is 24.8 Å². The molecule has 0 amide bonds. The van der Waals surface area contributed by atoms with Crippen molar-refractivity contribution in [3.8, 4) is 6.07 Å². The molecule has 1 aromatic carbocycles. The van der Waals surface area contributed by atoms with Gasteiger partial charge in [-0.05, 0) is 56.0 Å². The normalized spacial score (nSPS) is 18.8. The minimum absolute atomic E-state index is 0.150. The summed E-state index contributed by atoms with van der Waals surface area (Å²) in [4.78, 5) is 14.7. The fourth-order valence-electron chi connectivity index (χ4n) is 6.93. The van der Waals surface area contributed by atoms with Crippen molar-refractivity contribution >= 4 is 30.8 Å². The average Bonchev–Trinajstić information content (AvgIpc) is 3.79. The standard InChI is InChI=1S/C41H63ClN5O7P/c1-3-4-5-6-7-8-9-10-11-12-13-14-15-16-17-18-25-50-29-35(51-28-33-19-20-34(27-43)36(42)26-33)30-52-55(48,49)53-31-41(2)24-23-39(54-41)37-21-22-38-40(44)45-32-46-47(37)38/h19-22,26,32,35,39H,3-18,23-25,28-31H2,1-2H3,(H,48,49)(H2,44,45,46)/t35-,39-,41+/m1/s1. The number of nitriles is 1. The van der Waals surface area contributed by atoms with Crippen LogP contribution in [0.15, 0.2) is 36.7 Å². The molecule has 306 valence electrons. The van der Waals surface area contributed by atoms with Gasteiger partial charge in [-0.15, -0.1) is 0 Å². The summed E-state index contributed by atoms with van der Waals surface area (Å²) in [6.45, 7) is 4.61. The molecule has 12 nitrogen and oxygen atoms in total. The highest BCUT2D eigenvalue weighted by molar-refractivity contribution is 7.47. The smallest absolute Gasteiger partial charge is 0.382 e. The van der Waals surface area contributed by atoms with Crippen LogP contribution in [0.2, 0.25) is 5.02 Å². The van der Waals surface area contributed by atoms with Crippen LogP contribution < -0.4 is 5.73 Å². The molecule has 55 heavy (non-hydrogen) atoms. The molecule has 3 aromatic rings.